The Kier molecular flexibility index (Phi) is 7.26. The lowest BCUT2D eigenvalue weighted by Gasteiger charge is -2.15. The van der Waals surface area contributed by atoms with Crippen molar-refractivity contribution in [3.05, 3.63) is 82.5 Å². The molecule has 1 aliphatic rings. The molecule has 0 spiro atoms. The van der Waals surface area contributed by atoms with Gasteiger partial charge in [-0.25, -0.2) is 18.7 Å². The van der Waals surface area contributed by atoms with Gasteiger partial charge in [-0.2, -0.15) is 0 Å². The third kappa shape index (κ3) is 6.34. The van der Waals surface area contributed by atoms with Gasteiger partial charge in [-0.05, 0) is 55.3 Å². The summed E-state index contributed by atoms with van der Waals surface area (Å²) in [5.74, 6) is -0.662. The van der Waals surface area contributed by atoms with Gasteiger partial charge >= 0.3 is 0 Å². The van der Waals surface area contributed by atoms with Crippen LogP contribution in [-0.4, -0.2) is 29.0 Å². The Bertz CT molecular complexity index is 1170. The van der Waals surface area contributed by atoms with E-state index in [0.29, 0.717) is 40.0 Å². The first-order chi connectivity index (χ1) is 16.0. The monoisotopic (exact) mass is 469 g/mol. The molecule has 1 fully saturated rings. The van der Waals surface area contributed by atoms with Gasteiger partial charge < -0.3 is 16.0 Å². The van der Waals surface area contributed by atoms with Gasteiger partial charge in [0.05, 0.1) is 10.7 Å². The number of piperidine rings is 1. The zero-order chi connectivity index (χ0) is 23.2. The number of aromatic nitrogens is 2. The fourth-order valence-corrected chi connectivity index (χ4v) is 3.74. The number of nitrogens with one attached hydrogen (secondary N) is 3. The van der Waals surface area contributed by atoms with E-state index in [1.54, 1.807) is 30.3 Å². The molecule has 3 N–H and O–H groups in total. The van der Waals surface area contributed by atoms with Crippen molar-refractivity contribution in [3.8, 4) is 11.3 Å². The Balaban J connectivity index is 1.48. The highest BCUT2D eigenvalue weighted by atomic mass is 35.5. The van der Waals surface area contributed by atoms with Crippen molar-refractivity contribution in [2.24, 2.45) is 0 Å². The molecule has 9 heteroatoms. The highest BCUT2D eigenvalue weighted by Gasteiger charge is 2.12. The Morgan fingerprint density at radius 3 is 2.73 bits per heavy atom. The maximum atomic E-state index is 13.4. The predicted molar refractivity (Wildman–Crippen MR) is 125 cm³/mol. The lowest BCUT2D eigenvalue weighted by atomic mass is 10.1. The van der Waals surface area contributed by atoms with Crippen LogP contribution in [0.25, 0.3) is 11.3 Å². The van der Waals surface area contributed by atoms with Crippen molar-refractivity contribution < 1.29 is 13.6 Å². The van der Waals surface area contributed by atoms with Crippen LogP contribution in [0.2, 0.25) is 5.02 Å². The quantitative estimate of drug-likeness (QED) is 0.446. The van der Waals surface area contributed by atoms with E-state index in [1.165, 1.54) is 18.3 Å². The van der Waals surface area contributed by atoms with Crippen LogP contribution in [-0.2, 0) is 11.3 Å². The highest BCUT2D eigenvalue weighted by Crippen LogP contribution is 2.29. The van der Waals surface area contributed by atoms with Gasteiger partial charge in [-0.15, -0.1) is 0 Å². The number of anilines is 2. The number of carbonyl (C=O) groups excluding carboxylic acids is 1. The fourth-order valence-electron chi connectivity index (χ4n) is 3.54. The lowest BCUT2D eigenvalue weighted by molar-refractivity contribution is -0.112. The van der Waals surface area contributed by atoms with E-state index in [-0.39, 0.29) is 12.5 Å². The molecule has 1 aliphatic heterocycles. The van der Waals surface area contributed by atoms with Crippen LogP contribution >= 0.6 is 11.6 Å². The molecule has 1 amide bonds. The molecule has 0 bridgehead atoms. The SMILES string of the molecule is O=C(C=C1CCCNC1)Nc1cc(-c2cccc(NCc3cc(F)cc(F)c3)n2)c(Cl)cn1. The summed E-state index contributed by atoms with van der Waals surface area (Å²) >= 11 is 6.34. The van der Waals surface area contributed by atoms with Crippen LogP contribution in [0.1, 0.15) is 18.4 Å². The highest BCUT2D eigenvalue weighted by molar-refractivity contribution is 6.33. The molecular weight excluding hydrogens is 448 g/mol. The van der Waals surface area contributed by atoms with Crippen LogP contribution < -0.4 is 16.0 Å². The van der Waals surface area contributed by atoms with Gasteiger partial charge in [0.2, 0.25) is 5.91 Å². The second-order valence-electron chi connectivity index (χ2n) is 7.66. The summed E-state index contributed by atoms with van der Waals surface area (Å²) in [5, 5.41) is 9.44. The molecule has 1 saturated heterocycles. The largest absolute Gasteiger partial charge is 0.366 e. The molecule has 0 unspecified atom stereocenters. The fraction of sp³-hybridized carbons (Fsp3) is 0.208. The maximum absolute atomic E-state index is 13.4. The summed E-state index contributed by atoms with van der Waals surface area (Å²) in [6.45, 7) is 1.86. The first-order valence-corrected chi connectivity index (χ1v) is 10.9. The van der Waals surface area contributed by atoms with Crippen molar-refractivity contribution >= 4 is 29.1 Å². The van der Waals surface area contributed by atoms with E-state index in [9.17, 15) is 13.6 Å². The van der Waals surface area contributed by atoms with Gasteiger partial charge in [-0.1, -0.05) is 23.2 Å². The van der Waals surface area contributed by atoms with Crippen molar-refractivity contribution in [2.45, 2.75) is 19.4 Å². The standard InChI is InChI=1S/C24H22ClF2N5O/c25-20-14-30-23(32-24(33)9-15-3-2-6-28-12-15)11-19(20)21-4-1-5-22(31-21)29-13-16-7-17(26)10-18(27)8-16/h1,4-5,7-11,14,28H,2-3,6,12-13H2,(H,29,31)(H,30,32,33). The number of rotatable bonds is 6. The first kappa shape index (κ1) is 22.8. The Morgan fingerprint density at radius 1 is 1.15 bits per heavy atom. The predicted octanol–water partition coefficient (Wildman–Crippen LogP) is 4.94. The van der Waals surface area contributed by atoms with E-state index in [1.807, 2.05) is 0 Å². The summed E-state index contributed by atoms with van der Waals surface area (Å²) in [4.78, 5) is 21.1. The number of nitrogens with zero attached hydrogens (tertiary/aromatic N) is 2. The average Bonchev–Trinajstić information content (AvgIpc) is 2.79. The number of pyridine rings is 2. The van der Waals surface area contributed by atoms with Crippen LogP contribution in [0.3, 0.4) is 0 Å². The van der Waals surface area contributed by atoms with Crippen LogP contribution in [0, 0.1) is 11.6 Å². The zero-order valence-corrected chi connectivity index (χ0v) is 18.4. The Labute approximate surface area is 195 Å². The van der Waals surface area contributed by atoms with Gasteiger partial charge in [0.25, 0.3) is 0 Å². The van der Waals surface area contributed by atoms with E-state index < -0.39 is 11.6 Å². The number of benzene rings is 1. The van der Waals surface area contributed by atoms with Crippen LogP contribution in [0.4, 0.5) is 20.4 Å². The van der Waals surface area contributed by atoms with Gasteiger partial charge in [0.1, 0.15) is 23.3 Å². The molecule has 3 aromatic rings. The summed E-state index contributed by atoms with van der Waals surface area (Å²) in [7, 11) is 0. The second kappa shape index (κ2) is 10.5. The van der Waals surface area contributed by atoms with E-state index in [0.717, 1.165) is 31.0 Å². The molecule has 4 rings (SSSR count). The molecule has 3 heterocycles. The molecule has 1 aromatic carbocycles. The molecule has 2 aromatic heterocycles. The van der Waals surface area contributed by atoms with Crippen molar-refractivity contribution in [3.63, 3.8) is 0 Å². The lowest BCUT2D eigenvalue weighted by Crippen LogP contribution is -2.25. The number of halogens is 3. The Hall–Kier alpha value is -3.36. The van der Waals surface area contributed by atoms with Gasteiger partial charge in [0.15, 0.2) is 0 Å². The van der Waals surface area contributed by atoms with Gasteiger partial charge in [0, 0.05) is 37.0 Å². The first-order valence-electron chi connectivity index (χ1n) is 10.5. The van der Waals surface area contributed by atoms with Crippen LogP contribution in [0.15, 0.2) is 60.3 Å². The van der Waals surface area contributed by atoms with Crippen molar-refractivity contribution in [1.82, 2.24) is 15.3 Å². The molecule has 6 nitrogen and oxygen atoms in total. The summed E-state index contributed by atoms with van der Waals surface area (Å²) in [6.07, 6.45) is 4.96. The summed E-state index contributed by atoms with van der Waals surface area (Å²) < 4.78 is 26.8. The smallest absolute Gasteiger partial charge is 0.249 e. The number of hydrogen-bond acceptors (Lipinski definition) is 5. The number of hydrogen-bond donors (Lipinski definition) is 3. The van der Waals surface area contributed by atoms with E-state index in [2.05, 4.69) is 25.9 Å². The Morgan fingerprint density at radius 2 is 1.97 bits per heavy atom. The number of carbonyl (C=O) groups is 1. The molecule has 0 saturated carbocycles. The molecule has 0 aliphatic carbocycles. The minimum absolute atomic E-state index is 0.194. The molecule has 33 heavy (non-hydrogen) atoms. The summed E-state index contributed by atoms with van der Waals surface area (Å²) in [6, 6.07) is 10.3. The minimum Gasteiger partial charge on any atom is -0.366 e. The van der Waals surface area contributed by atoms with E-state index >= 15 is 0 Å². The zero-order valence-electron chi connectivity index (χ0n) is 17.7. The molecule has 0 atom stereocenters. The van der Waals surface area contributed by atoms with E-state index in [4.69, 9.17) is 11.6 Å². The second-order valence-corrected chi connectivity index (χ2v) is 8.07. The van der Waals surface area contributed by atoms with Crippen molar-refractivity contribution in [1.29, 1.82) is 0 Å². The topological polar surface area (TPSA) is 78.9 Å². The average molecular weight is 470 g/mol. The molecule has 0 radical (unpaired) electrons. The van der Waals surface area contributed by atoms with Crippen LogP contribution in [0.5, 0.6) is 0 Å². The van der Waals surface area contributed by atoms with Gasteiger partial charge in [-0.3, -0.25) is 4.79 Å². The normalized spacial score (nSPS) is 14.8. The molecular formula is C24H22ClF2N5O. The summed E-state index contributed by atoms with van der Waals surface area (Å²) in [5.41, 5.74) is 2.65. The van der Waals surface area contributed by atoms with Crippen molar-refractivity contribution in [2.75, 3.05) is 23.7 Å². The third-order valence-electron chi connectivity index (χ3n) is 5.07. The minimum atomic E-state index is -0.637. The number of amides is 1. The maximum Gasteiger partial charge on any atom is 0.249 e. The third-order valence-corrected chi connectivity index (χ3v) is 5.37. The molecule has 170 valence electrons.